The van der Waals surface area contributed by atoms with Crippen LogP contribution in [-0.2, 0) is 4.79 Å². The average Bonchev–Trinajstić information content (AvgIpc) is 2.71. The summed E-state index contributed by atoms with van der Waals surface area (Å²) in [6, 6.07) is 6.14. The number of carbonyl (C=O) groups excluding carboxylic acids is 1. The number of benzene rings is 1. The molecule has 3 nitrogen and oxygen atoms in total. The van der Waals surface area contributed by atoms with E-state index in [9.17, 15) is 4.79 Å². The lowest BCUT2D eigenvalue weighted by molar-refractivity contribution is -0.121. The van der Waals surface area contributed by atoms with Gasteiger partial charge in [0.1, 0.15) is 0 Å². The summed E-state index contributed by atoms with van der Waals surface area (Å²) in [4.78, 5) is 12.0. The third kappa shape index (κ3) is 5.58. The molecule has 116 valence electrons. The Bertz CT molecular complexity index is 468. The Morgan fingerprint density at radius 2 is 1.95 bits per heavy atom. The molecule has 1 aromatic rings. The summed E-state index contributed by atoms with van der Waals surface area (Å²) in [5.41, 5.74) is 2.15. The van der Waals surface area contributed by atoms with Gasteiger partial charge in [0, 0.05) is 29.7 Å². The highest BCUT2D eigenvalue weighted by atomic mass is 35.5. The third-order valence-electron chi connectivity index (χ3n) is 4.09. The molecule has 21 heavy (non-hydrogen) atoms. The van der Waals surface area contributed by atoms with E-state index in [1.54, 1.807) is 0 Å². The fourth-order valence-corrected chi connectivity index (χ4v) is 2.99. The predicted molar refractivity (Wildman–Crippen MR) is 88.9 cm³/mol. The fraction of sp³-hybridized carbons (Fsp3) is 0.588. The summed E-state index contributed by atoms with van der Waals surface area (Å²) < 4.78 is 0. The van der Waals surface area contributed by atoms with E-state index in [-0.39, 0.29) is 5.91 Å². The Balaban J connectivity index is 1.72. The van der Waals surface area contributed by atoms with E-state index in [1.807, 2.05) is 25.1 Å². The number of carbonyl (C=O) groups is 1. The normalized spacial score (nSPS) is 16.3. The number of aryl methyl sites for hydroxylation is 1. The molecule has 0 bridgehead atoms. The molecule has 1 fully saturated rings. The van der Waals surface area contributed by atoms with Crippen LogP contribution in [0.2, 0.25) is 5.02 Å². The molecule has 0 spiro atoms. The van der Waals surface area contributed by atoms with Crippen LogP contribution in [0.3, 0.4) is 0 Å². The lowest BCUT2D eigenvalue weighted by atomic mass is 10.1. The molecule has 0 aromatic heterocycles. The molecule has 0 aliphatic heterocycles. The summed E-state index contributed by atoms with van der Waals surface area (Å²) >= 11 is 5.98. The first kappa shape index (κ1) is 16.2. The van der Waals surface area contributed by atoms with Gasteiger partial charge in [-0.25, -0.2) is 0 Å². The van der Waals surface area contributed by atoms with Crippen LogP contribution in [0.15, 0.2) is 18.2 Å². The van der Waals surface area contributed by atoms with Crippen molar-refractivity contribution in [1.82, 2.24) is 5.32 Å². The molecule has 0 unspecified atom stereocenters. The van der Waals surface area contributed by atoms with Crippen LogP contribution < -0.4 is 10.6 Å². The number of rotatable bonds is 5. The first-order valence-corrected chi connectivity index (χ1v) is 8.32. The van der Waals surface area contributed by atoms with Crippen LogP contribution in [0, 0.1) is 6.92 Å². The highest BCUT2D eigenvalue weighted by Gasteiger charge is 2.14. The standard InChI is InChI=1S/C17H25ClN2O/c1-13-8-9-14(18)12-16(13)19-11-10-17(21)20-15-6-4-2-3-5-7-15/h8-9,12,15,19H,2-7,10-11H2,1H3,(H,20,21). The number of hydrogen-bond donors (Lipinski definition) is 2. The zero-order valence-electron chi connectivity index (χ0n) is 12.8. The minimum absolute atomic E-state index is 0.147. The lowest BCUT2D eigenvalue weighted by Crippen LogP contribution is -2.35. The quantitative estimate of drug-likeness (QED) is 0.797. The van der Waals surface area contributed by atoms with Gasteiger partial charge >= 0.3 is 0 Å². The molecule has 2 N–H and O–H groups in total. The number of amides is 1. The summed E-state index contributed by atoms with van der Waals surface area (Å²) in [7, 11) is 0. The van der Waals surface area contributed by atoms with Crippen LogP contribution in [0.25, 0.3) is 0 Å². The highest BCUT2D eigenvalue weighted by molar-refractivity contribution is 6.30. The molecule has 0 radical (unpaired) electrons. The van der Waals surface area contributed by atoms with E-state index in [2.05, 4.69) is 10.6 Å². The van der Waals surface area contributed by atoms with E-state index < -0.39 is 0 Å². The van der Waals surface area contributed by atoms with E-state index in [0.29, 0.717) is 24.0 Å². The molecule has 1 aliphatic rings. The maximum Gasteiger partial charge on any atom is 0.221 e. The minimum atomic E-state index is 0.147. The number of nitrogens with one attached hydrogen (secondary N) is 2. The highest BCUT2D eigenvalue weighted by Crippen LogP contribution is 2.20. The third-order valence-corrected chi connectivity index (χ3v) is 4.32. The SMILES string of the molecule is Cc1ccc(Cl)cc1NCCC(=O)NC1CCCCCC1. The molecule has 1 aromatic carbocycles. The van der Waals surface area contributed by atoms with Crippen molar-refractivity contribution in [2.24, 2.45) is 0 Å². The smallest absolute Gasteiger partial charge is 0.221 e. The number of anilines is 1. The molecule has 1 saturated carbocycles. The Morgan fingerprint density at radius 1 is 1.24 bits per heavy atom. The summed E-state index contributed by atoms with van der Waals surface area (Å²) in [5.74, 6) is 0.147. The molecule has 0 atom stereocenters. The predicted octanol–water partition coefficient (Wildman–Crippen LogP) is 4.29. The van der Waals surface area contributed by atoms with Crippen molar-refractivity contribution < 1.29 is 4.79 Å². The number of hydrogen-bond acceptors (Lipinski definition) is 2. The average molecular weight is 309 g/mol. The van der Waals surface area contributed by atoms with E-state index in [0.717, 1.165) is 24.1 Å². The van der Waals surface area contributed by atoms with E-state index >= 15 is 0 Å². The summed E-state index contributed by atoms with van der Waals surface area (Å²) in [6.07, 6.45) is 7.86. The second-order valence-electron chi connectivity index (χ2n) is 5.89. The van der Waals surface area contributed by atoms with Crippen LogP contribution in [0.4, 0.5) is 5.69 Å². The Morgan fingerprint density at radius 3 is 2.67 bits per heavy atom. The first-order valence-electron chi connectivity index (χ1n) is 7.94. The van der Waals surface area contributed by atoms with Crippen LogP contribution >= 0.6 is 11.6 Å². The van der Waals surface area contributed by atoms with E-state index in [4.69, 9.17) is 11.6 Å². The summed E-state index contributed by atoms with van der Waals surface area (Å²) in [6.45, 7) is 2.67. The second kappa shape index (κ2) is 8.28. The largest absolute Gasteiger partial charge is 0.384 e. The Kier molecular flexibility index (Phi) is 6.37. The zero-order valence-corrected chi connectivity index (χ0v) is 13.5. The van der Waals surface area contributed by atoms with Gasteiger partial charge in [0.2, 0.25) is 5.91 Å². The van der Waals surface area contributed by atoms with Crippen molar-refractivity contribution in [3.8, 4) is 0 Å². The maximum absolute atomic E-state index is 12.0. The van der Waals surface area contributed by atoms with Crippen molar-refractivity contribution >= 4 is 23.2 Å². The minimum Gasteiger partial charge on any atom is -0.384 e. The molecule has 0 saturated heterocycles. The van der Waals surface area contributed by atoms with Gasteiger partial charge in [-0.2, -0.15) is 0 Å². The molecular weight excluding hydrogens is 284 g/mol. The molecule has 4 heteroatoms. The van der Waals surface area contributed by atoms with Crippen molar-refractivity contribution in [1.29, 1.82) is 0 Å². The van der Waals surface area contributed by atoms with Gasteiger partial charge in [0.15, 0.2) is 0 Å². The van der Waals surface area contributed by atoms with Gasteiger partial charge in [-0.1, -0.05) is 43.4 Å². The van der Waals surface area contributed by atoms with Crippen molar-refractivity contribution in [2.45, 2.75) is 57.9 Å². The van der Waals surface area contributed by atoms with E-state index in [1.165, 1.54) is 25.7 Å². The van der Waals surface area contributed by atoms with Gasteiger partial charge in [-0.05, 0) is 37.5 Å². The zero-order chi connectivity index (χ0) is 15.1. The van der Waals surface area contributed by atoms with Crippen LogP contribution in [0.5, 0.6) is 0 Å². The van der Waals surface area contributed by atoms with Crippen LogP contribution in [0.1, 0.15) is 50.5 Å². The molecular formula is C17H25ClN2O. The van der Waals surface area contributed by atoms with Gasteiger partial charge in [0.05, 0.1) is 0 Å². The lowest BCUT2D eigenvalue weighted by Gasteiger charge is -2.16. The number of halogens is 1. The topological polar surface area (TPSA) is 41.1 Å². The molecule has 1 amide bonds. The van der Waals surface area contributed by atoms with Crippen molar-refractivity contribution in [3.05, 3.63) is 28.8 Å². The first-order chi connectivity index (χ1) is 10.1. The maximum atomic E-state index is 12.0. The van der Waals surface area contributed by atoms with Gasteiger partial charge in [0.25, 0.3) is 0 Å². The summed E-state index contributed by atoms with van der Waals surface area (Å²) in [5, 5.41) is 7.17. The fourth-order valence-electron chi connectivity index (χ4n) is 2.82. The Labute approximate surface area is 132 Å². The second-order valence-corrected chi connectivity index (χ2v) is 6.33. The Hall–Kier alpha value is -1.22. The van der Waals surface area contributed by atoms with Crippen molar-refractivity contribution in [2.75, 3.05) is 11.9 Å². The monoisotopic (exact) mass is 308 g/mol. The van der Waals surface area contributed by atoms with Gasteiger partial charge in [-0.3, -0.25) is 4.79 Å². The van der Waals surface area contributed by atoms with Gasteiger partial charge in [-0.15, -0.1) is 0 Å². The molecule has 1 aliphatic carbocycles. The van der Waals surface area contributed by atoms with Crippen LogP contribution in [-0.4, -0.2) is 18.5 Å². The van der Waals surface area contributed by atoms with Gasteiger partial charge < -0.3 is 10.6 Å². The molecule has 0 heterocycles. The molecule has 2 rings (SSSR count). The van der Waals surface area contributed by atoms with Crippen molar-refractivity contribution in [3.63, 3.8) is 0 Å².